The molecule has 4 nitrogen and oxygen atoms in total. The van der Waals surface area contributed by atoms with Gasteiger partial charge in [-0.15, -0.1) is 12.4 Å². The van der Waals surface area contributed by atoms with Crippen LogP contribution in [0, 0.1) is 12.8 Å². The highest BCUT2D eigenvalue weighted by atomic mass is 79.9. The monoisotopic (exact) mass is 396 g/mol. The Hall–Kier alpha value is -0.140. The molecule has 1 aromatic rings. The van der Waals surface area contributed by atoms with Crippen LogP contribution < -0.4 is 10.0 Å². The van der Waals surface area contributed by atoms with E-state index in [1.165, 1.54) is 0 Å². The fourth-order valence-corrected chi connectivity index (χ4v) is 5.04. The second kappa shape index (κ2) is 7.92. The van der Waals surface area contributed by atoms with Gasteiger partial charge in [0.15, 0.2) is 0 Å². The SMILES string of the molecule is Cc1ccc(S(=O)(=O)NC(C)C2CCCNC2)c(Br)c1.Cl. The van der Waals surface area contributed by atoms with Gasteiger partial charge in [-0.2, -0.15) is 0 Å². The maximum atomic E-state index is 12.5. The first-order chi connectivity index (χ1) is 9.40. The van der Waals surface area contributed by atoms with E-state index in [1.54, 1.807) is 6.07 Å². The van der Waals surface area contributed by atoms with E-state index in [0.29, 0.717) is 15.3 Å². The van der Waals surface area contributed by atoms with E-state index in [9.17, 15) is 8.42 Å². The van der Waals surface area contributed by atoms with E-state index in [1.807, 2.05) is 26.0 Å². The van der Waals surface area contributed by atoms with Crippen molar-refractivity contribution in [3.05, 3.63) is 28.2 Å². The molecule has 2 rings (SSSR count). The second-order valence-electron chi connectivity index (χ2n) is 5.45. The largest absolute Gasteiger partial charge is 0.316 e. The van der Waals surface area contributed by atoms with Gasteiger partial charge in [0.25, 0.3) is 0 Å². The first-order valence-electron chi connectivity index (χ1n) is 6.89. The Morgan fingerprint density at radius 3 is 2.71 bits per heavy atom. The summed E-state index contributed by atoms with van der Waals surface area (Å²) in [6.07, 6.45) is 2.16. The van der Waals surface area contributed by atoms with Gasteiger partial charge in [0.05, 0.1) is 4.90 Å². The second-order valence-corrected chi connectivity index (χ2v) is 7.99. The van der Waals surface area contributed by atoms with Crippen molar-refractivity contribution in [2.45, 2.75) is 37.6 Å². The van der Waals surface area contributed by atoms with Gasteiger partial charge in [0.2, 0.25) is 10.0 Å². The predicted molar refractivity (Wildman–Crippen MR) is 91.5 cm³/mol. The van der Waals surface area contributed by atoms with E-state index < -0.39 is 10.0 Å². The molecular weight excluding hydrogens is 376 g/mol. The van der Waals surface area contributed by atoms with Crippen molar-refractivity contribution >= 4 is 38.4 Å². The molecule has 0 saturated carbocycles. The summed E-state index contributed by atoms with van der Waals surface area (Å²) in [4.78, 5) is 0.304. The molecule has 21 heavy (non-hydrogen) atoms. The van der Waals surface area contributed by atoms with Crippen LogP contribution in [0.15, 0.2) is 27.6 Å². The number of nitrogens with one attached hydrogen (secondary N) is 2. The van der Waals surface area contributed by atoms with Gasteiger partial charge in [0.1, 0.15) is 0 Å². The predicted octanol–water partition coefficient (Wildman–Crippen LogP) is 2.85. The minimum Gasteiger partial charge on any atom is -0.316 e. The number of benzene rings is 1. The molecule has 1 aliphatic heterocycles. The summed E-state index contributed by atoms with van der Waals surface area (Å²) in [5.41, 5.74) is 1.03. The van der Waals surface area contributed by atoms with E-state index in [0.717, 1.165) is 31.5 Å². The van der Waals surface area contributed by atoms with Gasteiger partial charge in [-0.1, -0.05) is 6.07 Å². The number of hydrogen-bond donors (Lipinski definition) is 2. The lowest BCUT2D eigenvalue weighted by Gasteiger charge is -2.28. The summed E-state index contributed by atoms with van der Waals surface area (Å²) in [6, 6.07) is 5.21. The summed E-state index contributed by atoms with van der Waals surface area (Å²) >= 11 is 3.34. The fraction of sp³-hybridized carbons (Fsp3) is 0.571. The van der Waals surface area contributed by atoms with Crippen LogP contribution in [0.25, 0.3) is 0 Å². The van der Waals surface area contributed by atoms with Gasteiger partial charge in [-0.3, -0.25) is 0 Å². The zero-order valence-electron chi connectivity index (χ0n) is 12.2. The maximum absolute atomic E-state index is 12.5. The van der Waals surface area contributed by atoms with Crippen molar-refractivity contribution in [1.29, 1.82) is 0 Å². The van der Waals surface area contributed by atoms with Crippen LogP contribution in [0.5, 0.6) is 0 Å². The van der Waals surface area contributed by atoms with Gasteiger partial charge in [-0.05, 0) is 79.3 Å². The maximum Gasteiger partial charge on any atom is 0.241 e. The summed E-state index contributed by atoms with van der Waals surface area (Å²) in [5, 5.41) is 3.32. The molecule has 1 aromatic carbocycles. The normalized spacial score (nSPS) is 20.6. The van der Waals surface area contributed by atoms with Crippen molar-refractivity contribution in [3.63, 3.8) is 0 Å². The summed E-state index contributed by atoms with van der Waals surface area (Å²) in [6.45, 7) is 5.78. The van der Waals surface area contributed by atoms with Crippen molar-refractivity contribution in [3.8, 4) is 0 Å². The fourth-order valence-electron chi connectivity index (χ4n) is 2.53. The lowest BCUT2D eigenvalue weighted by molar-refractivity contribution is 0.320. The summed E-state index contributed by atoms with van der Waals surface area (Å²) in [5.74, 6) is 0.350. The zero-order valence-corrected chi connectivity index (χ0v) is 15.4. The molecule has 1 saturated heterocycles. The quantitative estimate of drug-likeness (QED) is 0.821. The van der Waals surface area contributed by atoms with E-state index in [2.05, 4.69) is 26.0 Å². The molecule has 0 aromatic heterocycles. The minimum atomic E-state index is -3.48. The number of rotatable bonds is 4. The molecule has 0 amide bonds. The Labute approximate surface area is 141 Å². The van der Waals surface area contributed by atoms with Crippen LogP contribution in [0.1, 0.15) is 25.3 Å². The van der Waals surface area contributed by atoms with Crippen LogP contribution in [0.2, 0.25) is 0 Å². The average molecular weight is 398 g/mol. The standard InChI is InChI=1S/C14H21BrN2O2S.ClH/c1-10-5-6-14(13(15)8-10)20(18,19)17-11(2)12-4-3-7-16-9-12;/h5-6,8,11-12,16-17H,3-4,7,9H2,1-2H3;1H. The molecule has 1 fully saturated rings. The van der Waals surface area contributed by atoms with E-state index >= 15 is 0 Å². The lowest BCUT2D eigenvalue weighted by atomic mass is 9.94. The van der Waals surface area contributed by atoms with Crippen molar-refractivity contribution < 1.29 is 8.42 Å². The molecule has 2 N–H and O–H groups in total. The Balaban J connectivity index is 0.00000220. The molecule has 1 aliphatic rings. The Morgan fingerprint density at radius 2 is 2.14 bits per heavy atom. The third-order valence-electron chi connectivity index (χ3n) is 3.76. The Bertz CT molecular complexity index is 574. The highest BCUT2D eigenvalue weighted by Crippen LogP contribution is 2.24. The number of sulfonamides is 1. The van der Waals surface area contributed by atoms with Crippen LogP contribution in [0.3, 0.4) is 0 Å². The summed E-state index contributed by atoms with van der Waals surface area (Å²) in [7, 11) is -3.48. The third kappa shape index (κ3) is 4.93. The number of aryl methyl sites for hydroxylation is 1. The minimum absolute atomic E-state index is 0. The lowest BCUT2D eigenvalue weighted by Crippen LogP contribution is -2.44. The number of halogens is 2. The van der Waals surface area contributed by atoms with Gasteiger partial charge in [-0.25, -0.2) is 13.1 Å². The Morgan fingerprint density at radius 1 is 1.43 bits per heavy atom. The topological polar surface area (TPSA) is 58.2 Å². The zero-order chi connectivity index (χ0) is 14.8. The average Bonchev–Trinajstić information content (AvgIpc) is 2.38. The first-order valence-corrected chi connectivity index (χ1v) is 9.17. The molecule has 2 atom stereocenters. The van der Waals surface area contributed by atoms with Crippen LogP contribution in [0.4, 0.5) is 0 Å². The summed E-state index contributed by atoms with van der Waals surface area (Å²) < 4.78 is 28.3. The van der Waals surface area contributed by atoms with E-state index in [4.69, 9.17) is 0 Å². The molecular formula is C14H22BrClN2O2S. The van der Waals surface area contributed by atoms with Gasteiger partial charge in [0, 0.05) is 10.5 Å². The van der Waals surface area contributed by atoms with Crippen LogP contribution >= 0.6 is 28.3 Å². The molecule has 120 valence electrons. The van der Waals surface area contributed by atoms with Crippen molar-refractivity contribution in [1.82, 2.24) is 10.0 Å². The Kier molecular flexibility index (Phi) is 7.13. The van der Waals surface area contributed by atoms with Crippen molar-refractivity contribution in [2.75, 3.05) is 13.1 Å². The highest BCUT2D eigenvalue weighted by molar-refractivity contribution is 9.10. The first kappa shape index (κ1) is 18.9. The number of piperidine rings is 1. The molecule has 7 heteroatoms. The number of hydrogen-bond acceptors (Lipinski definition) is 3. The molecule has 0 radical (unpaired) electrons. The van der Waals surface area contributed by atoms with E-state index in [-0.39, 0.29) is 18.4 Å². The highest BCUT2D eigenvalue weighted by Gasteiger charge is 2.26. The smallest absolute Gasteiger partial charge is 0.241 e. The molecule has 0 bridgehead atoms. The molecule has 0 aliphatic carbocycles. The van der Waals surface area contributed by atoms with Crippen molar-refractivity contribution in [2.24, 2.45) is 5.92 Å². The molecule has 0 spiro atoms. The van der Waals surface area contributed by atoms with Gasteiger partial charge >= 0.3 is 0 Å². The molecule has 2 unspecified atom stereocenters. The third-order valence-corrected chi connectivity index (χ3v) is 6.30. The molecule has 1 heterocycles. The van der Waals surface area contributed by atoms with Crippen LogP contribution in [-0.4, -0.2) is 27.5 Å². The van der Waals surface area contributed by atoms with Gasteiger partial charge < -0.3 is 5.32 Å². The van der Waals surface area contributed by atoms with Crippen LogP contribution in [-0.2, 0) is 10.0 Å².